The van der Waals surface area contributed by atoms with E-state index in [1.165, 1.54) is 116 Å². The van der Waals surface area contributed by atoms with E-state index in [2.05, 4.69) is 13.8 Å². The van der Waals surface area contributed by atoms with Crippen LogP contribution in [0.5, 0.6) is 5.75 Å². The van der Waals surface area contributed by atoms with Crippen LogP contribution in [0.1, 0.15) is 221 Å². The summed E-state index contributed by atoms with van der Waals surface area (Å²) in [7, 11) is -4.64. The molecule has 3 aliphatic rings. The average Bonchev–Trinajstić information content (AvgIpc) is 3.81. The Morgan fingerprint density at radius 3 is 1.39 bits per heavy atom. The van der Waals surface area contributed by atoms with Crippen LogP contribution < -0.4 is 4.52 Å². The van der Waals surface area contributed by atoms with E-state index < -0.39 is 80.7 Å². The van der Waals surface area contributed by atoms with Gasteiger partial charge in [-0.2, -0.15) is 0 Å². The molecule has 1 N–H and O–H groups in total. The Hall–Kier alpha value is -2.09. The van der Waals surface area contributed by atoms with Gasteiger partial charge in [0.1, 0.15) is 55.6 Å². The number of unbranched alkanes of at least 4 members (excludes halogenated alkanes) is 24. The first-order valence-electron chi connectivity index (χ1n) is 26.7. The molecule has 3 fully saturated rings. The maximum atomic E-state index is 14.9. The molecule has 4 rings (SSSR count). The van der Waals surface area contributed by atoms with Crippen LogP contribution >= 0.6 is 7.82 Å². The minimum Gasteiger partial charge on any atom is -0.462 e. The van der Waals surface area contributed by atoms with Crippen molar-refractivity contribution in [1.82, 2.24) is 0 Å². The van der Waals surface area contributed by atoms with Gasteiger partial charge in [-0.15, -0.1) is 0 Å². The van der Waals surface area contributed by atoms with Crippen molar-refractivity contribution in [3.8, 4) is 5.75 Å². The quantitative estimate of drug-likeness (QED) is 0.0380. The van der Waals surface area contributed by atoms with Crippen LogP contribution in [0.4, 0.5) is 0 Å². The molecule has 0 aromatic heterocycles. The van der Waals surface area contributed by atoms with Gasteiger partial charge >= 0.3 is 19.8 Å². The monoisotopic (exact) mass is 967 g/mol. The van der Waals surface area contributed by atoms with E-state index in [9.17, 15) is 19.3 Å². The van der Waals surface area contributed by atoms with E-state index in [0.29, 0.717) is 12.8 Å². The standard InChI is InChI=1S/C53H91O13P/c1-7-9-11-13-15-17-19-21-23-25-27-29-34-38-44(54)58-40-43(60-45(55)39-35-30-28-26-24-22-20-18-16-14-12-10-8-2)41-59-67(57,65-42-36-32-31-33-37-42)66-51-49-47(61-52(3,4)63-49)46(56)48-50(51)64-53(5,6)62-48/h31-33,36-37,43,46-51,56H,7-30,34-35,38-41H2,1-6H3/t43-,46?,47-,48+,49-,50-,51?,67?/m1/s1. The molecule has 0 radical (unpaired) electrons. The van der Waals surface area contributed by atoms with E-state index in [4.69, 9.17) is 42.0 Å². The molecule has 2 aliphatic heterocycles. The summed E-state index contributed by atoms with van der Waals surface area (Å²) < 4.78 is 69.6. The van der Waals surface area contributed by atoms with Crippen LogP contribution in [-0.2, 0) is 51.6 Å². The minimum absolute atomic E-state index is 0.187. The first-order valence-corrected chi connectivity index (χ1v) is 28.1. The lowest BCUT2D eigenvalue weighted by Crippen LogP contribution is -2.62. The van der Waals surface area contributed by atoms with Crippen LogP contribution in [-0.4, -0.2) is 84.6 Å². The van der Waals surface area contributed by atoms with Gasteiger partial charge in [-0.25, -0.2) is 4.57 Å². The Labute approximate surface area is 404 Å². The zero-order valence-electron chi connectivity index (χ0n) is 42.4. The van der Waals surface area contributed by atoms with Crippen molar-refractivity contribution in [3.63, 3.8) is 0 Å². The topological polar surface area (TPSA) is 155 Å². The second-order valence-electron chi connectivity index (χ2n) is 20.1. The van der Waals surface area contributed by atoms with Gasteiger partial charge in [0, 0.05) is 12.8 Å². The third-order valence-corrected chi connectivity index (χ3v) is 14.4. The highest BCUT2D eigenvalue weighted by Crippen LogP contribution is 2.55. The number of fused-ring (bicyclic) bond motifs is 2. The Morgan fingerprint density at radius 1 is 0.567 bits per heavy atom. The van der Waals surface area contributed by atoms with Crippen molar-refractivity contribution in [2.24, 2.45) is 0 Å². The number of hydrogen-bond acceptors (Lipinski definition) is 13. The first kappa shape index (κ1) is 57.5. The lowest BCUT2D eigenvalue weighted by atomic mass is 9.85. The van der Waals surface area contributed by atoms with Gasteiger partial charge in [0.15, 0.2) is 17.7 Å². The van der Waals surface area contributed by atoms with Crippen molar-refractivity contribution in [2.45, 2.75) is 276 Å². The number of phosphoric ester groups is 1. The Kier molecular flexibility index (Phi) is 26.8. The molecule has 0 bridgehead atoms. The molecule has 13 nitrogen and oxygen atoms in total. The number of para-hydroxylation sites is 1. The van der Waals surface area contributed by atoms with Crippen molar-refractivity contribution in [1.29, 1.82) is 0 Å². The number of rotatable bonds is 38. The summed E-state index contributed by atoms with van der Waals surface area (Å²) in [5.74, 6) is -2.89. The molecule has 0 amide bonds. The lowest BCUT2D eigenvalue weighted by Gasteiger charge is -2.41. The summed E-state index contributed by atoms with van der Waals surface area (Å²) in [4.78, 5) is 26.3. The van der Waals surface area contributed by atoms with Gasteiger partial charge in [0.25, 0.3) is 0 Å². The van der Waals surface area contributed by atoms with Gasteiger partial charge in [-0.3, -0.25) is 18.6 Å². The SMILES string of the molecule is CCCCCCCCCCCCCCCC(=O)OC[C@H](COP(=O)(Oc1ccccc1)OC1[C@@H]2OC(C)(C)O[C@@H]2C(O)[C@@H]2OC(C)(C)O[C@@H]12)OC(=O)CCCCCCCCCCCCCCC. The summed E-state index contributed by atoms with van der Waals surface area (Å²) in [5, 5.41) is 11.4. The molecule has 1 aromatic rings. The van der Waals surface area contributed by atoms with E-state index in [-0.39, 0.29) is 25.2 Å². The highest BCUT2D eigenvalue weighted by molar-refractivity contribution is 7.49. The summed E-state index contributed by atoms with van der Waals surface area (Å²) in [5.41, 5.74) is 0. The third kappa shape index (κ3) is 22.3. The number of carbonyl (C=O) groups is 2. The Bertz CT molecular complexity index is 1510. The number of phosphoric acid groups is 1. The Balaban J connectivity index is 1.33. The number of aliphatic hydroxyl groups excluding tert-OH is 1. The van der Waals surface area contributed by atoms with Crippen molar-refractivity contribution in [2.75, 3.05) is 13.2 Å². The molecule has 2 heterocycles. The van der Waals surface area contributed by atoms with Gasteiger partial charge in [-0.1, -0.05) is 186 Å². The molecule has 1 aromatic carbocycles. The number of aliphatic hydroxyl groups is 1. The van der Waals surface area contributed by atoms with Gasteiger partial charge in [0.2, 0.25) is 0 Å². The smallest absolute Gasteiger partial charge is 0.462 e. The van der Waals surface area contributed by atoms with Gasteiger partial charge < -0.3 is 38.1 Å². The number of esters is 2. The largest absolute Gasteiger partial charge is 0.530 e. The summed E-state index contributed by atoms with van der Waals surface area (Å²) >= 11 is 0. The summed E-state index contributed by atoms with van der Waals surface area (Å²) in [6.45, 7) is 10.6. The minimum atomic E-state index is -4.64. The normalized spacial score (nSPS) is 24.1. The predicted octanol–water partition coefficient (Wildman–Crippen LogP) is 13.4. The van der Waals surface area contributed by atoms with E-state index in [1.807, 2.05) is 0 Å². The molecule has 0 spiro atoms. The maximum absolute atomic E-state index is 14.9. The molecular weight excluding hydrogens is 876 g/mol. The Morgan fingerprint density at radius 2 is 0.955 bits per heavy atom. The predicted molar refractivity (Wildman–Crippen MR) is 261 cm³/mol. The second-order valence-corrected chi connectivity index (χ2v) is 21.7. The van der Waals surface area contributed by atoms with Crippen LogP contribution in [0.3, 0.4) is 0 Å². The van der Waals surface area contributed by atoms with Gasteiger partial charge in [0.05, 0.1) is 0 Å². The van der Waals surface area contributed by atoms with Crippen LogP contribution in [0.15, 0.2) is 30.3 Å². The van der Waals surface area contributed by atoms with Crippen LogP contribution in [0, 0.1) is 0 Å². The molecule has 386 valence electrons. The summed E-state index contributed by atoms with van der Waals surface area (Å²) in [6.07, 6.45) is 24.4. The highest BCUT2D eigenvalue weighted by Gasteiger charge is 2.65. The highest BCUT2D eigenvalue weighted by atomic mass is 31.2. The molecule has 1 saturated carbocycles. The van der Waals surface area contributed by atoms with E-state index in [0.717, 1.165) is 38.5 Å². The fraction of sp³-hybridized carbons (Fsp3) is 0.849. The molecular formula is C53H91O13P. The van der Waals surface area contributed by atoms with Crippen molar-refractivity contribution in [3.05, 3.63) is 30.3 Å². The summed E-state index contributed by atoms with van der Waals surface area (Å²) in [6, 6.07) is 8.43. The molecule has 2 saturated heterocycles. The van der Waals surface area contributed by atoms with E-state index >= 15 is 0 Å². The second kappa shape index (κ2) is 31.3. The molecule has 8 atom stereocenters. The number of benzene rings is 1. The average molecular weight is 967 g/mol. The fourth-order valence-corrected chi connectivity index (χ4v) is 10.8. The number of hydrogen-bond donors (Lipinski definition) is 1. The zero-order chi connectivity index (χ0) is 48.4. The number of ether oxygens (including phenoxy) is 6. The van der Waals surface area contributed by atoms with Gasteiger partial charge in [-0.05, 0) is 52.7 Å². The van der Waals surface area contributed by atoms with Crippen LogP contribution in [0.25, 0.3) is 0 Å². The molecule has 1 aliphatic carbocycles. The number of carbonyl (C=O) groups excluding carboxylic acids is 2. The molecule has 67 heavy (non-hydrogen) atoms. The lowest BCUT2D eigenvalue weighted by molar-refractivity contribution is -0.182. The molecule has 14 heteroatoms. The first-order chi connectivity index (χ1) is 32.2. The molecule has 3 unspecified atom stereocenters. The van der Waals surface area contributed by atoms with Crippen molar-refractivity contribution < 1.29 is 61.3 Å². The zero-order valence-corrected chi connectivity index (χ0v) is 43.3. The fourth-order valence-electron chi connectivity index (χ4n) is 9.37. The maximum Gasteiger partial charge on any atom is 0.530 e. The van der Waals surface area contributed by atoms with E-state index in [1.54, 1.807) is 58.0 Å². The third-order valence-electron chi connectivity index (χ3n) is 13.0. The van der Waals surface area contributed by atoms with Crippen molar-refractivity contribution >= 4 is 19.8 Å². The van der Waals surface area contributed by atoms with Crippen LogP contribution in [0.2, 0.25) is 0 Å².